The van der Waals surface area contributed by atoms with Gasteiger partial charge in [-0.3, -0.25) is 9.36 Å². The first kappa shape index (κ1) is 17.9. The lowest BCUT2D eigenvalue weighted by Crippen LogP contribution is -2.17. The minimum absolute atomic E-state index is 0.00752. The number of ether oxygens (including phenoxy) is 1. The molecule has 28 heavy (non-hydrogen) atoms. The highest BCUT2D eigenvalue weighted by Gasteiger charge is 2.14. The van der Waals surface area contributed by atoms with E-state index >= 15 is 0 Å². The Bertz CT molecular complexity index is 1290. The number of carbonyl (C=O) groups is 1. The summed E-state index contributed by atoms with van der Waals surface area (Å²) in [5, 5.41) is 9.85. The number of benzene rings is 1. The van der Waals surface area contributed by atoms with Crippen LogP contribution in [-0.4, -0.2) is 14.9 Å². The largest absolute Gasteiger partial charge is 0.461 e. The second-order valence-electron chi connectivity index (χ2n) is 6.18. The van der Waals surface area contributed by atoms with E-state index in [1.807, 2.05) is 28.8 Å². The van der Waals surface area contributed by atoms with E-state index in [4.69, 9.17) is 20.8 Å². The van der Waals surface area contributed by atoms with Crippen LogP contribution in [0.4, 0.5) is 0 Å². The van der Waals surface area contributed by atoms with Crippen LogP contribution in [0.1, 0.15) is 17.5 Å². The zero-order valence-corrected chi connectivity index (χ0v) is 15.3. The van der Waals surface area contributed by atoms with Gasteiger partial charge in [0.2, 0.25) is 0 Å². The monoisotopic (exact) mass is 395 g/mol. The SMILES string of the molecule is N#Cc1c(COC(=O)CCn2c(=O)oc3cc(Cl)ccc32)cn2ccccc12. The van der Waals surface area contributed by atoms with Gasteiger partial charge in [0.1, 0.15) is 12.7 Å². The quantitative estimate of drug-likeness (QED) is 0.482. The van der Waals surface area contributed by atoms with Crippen LogP contribution in [0, 0.1) is 11.3 Å². The molecule has 0 fully saturated rings. The van der Waals surface area contributed by atoms with Crippen molar-refractivity contribution >= 4 is 34.2 Å². The Morgan fingerprint density at radius 3 is 2.93 bits per heavy atom. The molecule has 0 unspecified atom stereocenters. The standard InChI is InChI=1S/C20H14ClN3O4/c21-14-4-5-17-18(9-14)28-20(26)24(17)8-6-19(25)27-12-13-11-23-7-2-1-3-16(23)15(13)10-22/h1-5,7,9,11H,6,8,12H2. The molecule has 0 saturated heterocycles. The van der Waals surface area contributed by atoms with Crippen molar-refractivity contribution in [3.8, 4) is 6.07 Å². The fourth-order valence-electron chi connectivity index (χ4n) is 3.10. The third-order valence-electron chi connectivity index (χ3n) is 4.43. The summed E-state index contributed by atoms with van der Waals surface area (Å²) in [4.78, 5) is 24.1. The summed E-state index contributed by atoms with van der Waals surface area (Å²) in [5.41, 5.74) is 2.79. The Hall–Kier alpha value is -3.50. The summed E-state index contributed by atoms with van der Waals surface area (Å²) in [7, 11) is 0. The van der Waals surface area contributed by atoms with Gasteiger partial charge in [-0.25, -0.2) is 4.79 Å². The van der Waals surface area contributed by atoms with Gasteiger partial charge >= 0.3 is 11.7 Å². The van der Waals surface area contributed by atoms with Crippen LogP contribution in [0.15, 0.2) is 58.0 Å². The highest BCUT2D eigenvalue weighted by Crippen LogP contribution is 2.20. The van der Waals surface area contributed by atoms with Crippen molar-refractivity contribution < 1.29 is 13.9 Å². The molecule has 140 valence electrons. The molecule has 4 rings (SSSR count). The number of pyridine rings is 1. The number of oxazole rings is 1. The average molecular weight is 396 g/mol. The third kappa shape index (κ3) is 3.26. The van der Waals surface area contributed by atoms with Gasteiger partial charge in [0.05, 0.1) is 23.0 Å². The van der Waals surface area contributed by atoms with Gasteiger partial charge in [-0.15, -0.1) is 0 Å². The Balaban J connectivity index is 1.44. The molecular weight excluding hydrogens is 382 g/mol. The third-order valence-corrected chi connectivity index (χ3v) is 4.67. The van der Waals surface area contributed by atoms with Gasteiger partial charge in [-0.1, -0.05) is 17.7 Å². The Kier molecular flexibility index (Phi) is 4.63. The van der Waals surface area contributed by atoms with Crippen LogP contribution in [0.25, 0.3) is 16.6 Å². The van der Waals surface area contributed by atoms with Gasteiger partial charge < -0.3 is 13.6 Å². The van der Waals surface area contributed by atoms with E-state index < -0.39 is 11.7 Å². The molecule has 0 amide bonds. The van der Waals surface area contributed by atoms with E-state index in [1.165, 1.54) is 4.57 Å². The molecule has 0 aliphatic carbocycles. The van der Waals surface area contributed by atoms with Gasteiger partial charge in [0.25, 0.3) is 0 Å². The van der Waals surface area contributed by atoms with Crippen LogP contribution in [0.5, 0.6) is 0 Å². The second kappa shape index (κ2) is 7.25. The molecule has 0 saturated carbocycles. The van der Waals surface area contributed by atoms with Crippen molar-refractivity contribution in [2.45, 2.75) is 19.6 Å². The molecule has 3 aromatic heterocycles. The minimum atomic E-state index is -0.560. The summed E-state index contributed by atoms with van der Waals surface area (Å²) in [6.07, 6.45) is 3.58. The van der Waals surface area contributed by atoms with Gasteiger partial charge in [-0.2, -0.15) is 5.26 Å². The number of hydrogen-bond donors (Lipinski definition) is 0. The fourth-order valence-corrected chi connectivity index (χ4v) is 3.26. The molecule has 0 radical (unpaired) electrons. The van der Waals surface area contributed by atoms with E-state index in [0.717, 1.165) is 5.52 Å². The van der Waals surface area contributed by atoms with Crippen molar-refractivity contribution in [3.63, 3.8) is 0 Å². The number of esters is 1. The first-order valence-electron chi connectivity index (χ1n) is 8.50. The summed E-state index contributed by atoms with van der Waals surface area (Å²) >= 11 is 5.89. The molecule has 8 heteroatoms. The van der Waals surface area contributed by atoms with Gasteiger partial charge in [-0.05, 0) is 24.3 Å². The molecule has 4 aromatic rings. The molecule has 0 N–H and O–H groups in total. The summed E-state index contributed by atoms with van der Waals surface area (Å²) in [6, 6.07) is 12.5. The van der Waals surface area contributed by atoms with E-state index in [2.05, 4.69) is 6.07 Å². The molecule has 0 spiro atoms. The van der Waals surface area contributed by atoms with E-state index in [0.29, 0.717) is 27.2 Å². The van der Waals surface area contributed by atoms with Crippen LogP contribution < -0.4 is 5.76 Å². The highest BCUT2D eigenvalue weighted by molar-refractivity contribution is 6.31. The molecule has 0 aliphatic rings. The number of halogens is 1. The van der Waals surface area contributed by atoms with E-state index in [9.17, 15) is 14.9 Å². The Labute approximate surface area is 163 Å². The van der Waals surface area contributed by atoms with Crippen molar-refractivity contribution in [1.82, 2.24) is 8.97 Å². The van der Waals surface area contributed by atoms with Crippen LogP contribution in [-0.2, 0) is 22.7 Å². The molecule has 0 atom stereocenters. The smallest absolute Gasteiger partial charge is 0.419 e. The van der Waals surface area contributed by atoms with Gasteiger partial charge in [0, 0.05) is 35.6 Å². The number of nitriles is 1. The maximum Gasteiger partial charge on any atom is 0.419 e. The number of nitrogens with zero attached hydrogens (tertiary/aromatic N) is 3. The fraction of sp³-hybridized carbons (Fsp3) is 0.150. The first-order chi connectivity index (χ1) is 13.6. The van der Waals surface area contributed by atoms with Gasteiger partial charge in [0.15, 0.2) is 5.58 Å². The molecule has 0 aliphatic heterocycles. The average Bonchev–Trinajstić information content (AvgIpc) is 3.20. The Morgan fingerprint density at radius 1 is 1.25 bits per heavy atom. The molecule has 7 nitrogen and oxygen atoms in total. The lowest BCUT2D eigenvalue weighted by Gasteiger charge is -2.05. The number of hydrogen-bond acceptors (Lipinski definition) is 5. The minimum Gasteiger partial charge on any atom is -0.461 e. The number of aromatic nitrogens is 2. The molecule has 0 bridgehead atoms. The zero-order chi connectivity index (χ0) is 19.7. The van der Waals surface area contributed by atoms with Crippen LogP contribution >= 0.6 is 11.6 Å². The number of fused-ring (bicyclic) bond motifs is 2. The number of aryl methyl sites for hydroxylation is 1. The topological polar surface area (TPSA) is 89.6 Å². The van der Waals surface area contributed by atoms with Crippen molar-refractivity contribution in [3.05, 3.63) is 75.5 Å². The van der Waals surface area contributed by atoms with Crippen molar-refractivity contribution in [2.24, 2.45) is 0 Å². The van der Waals surface area contributed by atoms with Crippen LogP contribution in [0.2, 0.25) is 5.02 Å². The zero-order valence-electron chi connectivity index (χ0n) is 14.6. The normalized spacial score (nSPS) is 11.0. The highest BCUT2D eigenvalue weighted by atomic mass is 35.5. The van der Waals surface area contributed by atoms with E-state index in [1.54, 1.807) is 24.4 Å². The predicted molar refractivity (Wildman–Crippen MR) is 102 cm³/mol. The van der Waals surface area contributed by atoms with Crippen molar-refractivity contribution in [1.29, 1.82) is 5.26 Å². The number of carbonyl (C=O) groups excluding carboxylic acids is 1. The maximum absolute atomic E-state index is 12.1. The molecule has 3 heterocycles. The molecule has 1 aromatic carbocycles. The predicted octanol–water partition coefficient (Wildman–Crippen LogP) is 3.51. The van der Waals surface area contributed by atoms with Crippen molar-refractivity contribution in [2.75, 3.05) is 0 Å². The maximum atomic E-state index is 12.1. The lowest BCUT2D eigenvalue weighted by molar-refractivity contribution is -0.145. The first-order valence-corrected chi connectivity index (χ1v) is 8.88. The summed E-state index contributed by atoms with van der Waals surface area (Å²) < 4.78 is 13.6. The Morgan fingerprint density at radius 2 is 2.11 bits per heavy atom. The summed E-state index contributed by atoms with van der Waals surface area (Å²) in [5.74, 6) is -1.04. The van der Waals surface area contributed by atoms with E-state index in [-0.39, 0.29) is 19.6 Å². The second-order valence-corrected chi connectivity index (χ2v) is 6.61. The number of rotatable bonds is 5. The summed E-state index contributed by atoms with van der Waals surface area (Å²) in [6.45, 7) is 0.106. The molecular formula is C20H14ClN3O4. The van der Waals surface area contributed by atoms with Crippen LogP contribution in [0.3, 0.4) is 0 Å². The lowest BCUT2D eigenvalue weighted by atomic mass is 10.2.